The highest BCUT2D eigenvalue weighted by Gasteiger charge is 2.23. The summed E-state index contributed by atoms with van der Waals surface area (Å²) in [6.07, 6.45) is 0. The van der Waals surface area contributed by atoms with Crippen molar-refractivity contribution < 1.29 is 0 Å². The van der Waals surface area contributed by atoms with Crippen LogP contribution >= 0.6 is 0 Å². The number of hydrogen-bond donors (Lipinski definition) is 0. The number of aromatic nitrogens is 2. The normalized spacial score (nSPS) is 12.0. The van der Waals surface area contributed by atoms with Gasteiger partial charge >= 0.3 is 0 Å². The molecule has 0 saturated heterocycles. The minimum atomic E-state index is 1.03. The Hall–Kier alpha value is -5.47. The van der Waals surface area contributed by atoms with Crippen LogP contribution in [0.5, 0.6) is 0 Å². The van der Waals surface area contributed by atoms with E-state index in [4.69, 9.17) is 5.10 Å². The molecule has 1 aromatic heterocycles. The standard InChI is InChI=1S/C41H28N2/c1-25-37(41-33-19-8-6-17-31(33)39(27-12-4-3-5-13-27)32-18-7-9-20-34(32)41)26(2)43(42-25)36-24-30-16-10-14-28-22-23-29-15-11-21-35(36)40(29)38(28)30/h3-24H,1-2H3. The smallest absolute Gasteiger partial charge is 0.0734 e. The number of benzene rings is 8. The Labute approximate surface area is 249 Å². The largest absolute Gasteiger partial charge is 0.237 e. The molecular formula is C41H28N2. The van der Waals surface area contributed by atoms with Crippen LogP contribution in [0.1, 0.15) is 11.4 Å². The first-order valence-electron chi connectivity index (χ1n) is 14.9. The molecular weight excluding hydrogens is 520 g/mol. The Kier molecular flexibility index (Phi) is 5.06. The molecule has 9 rings (SSSR count). The van der Waals surface area contributed by atoms with E-state index >= 15 is 0 Å². The fourth-order valence-electron chi connectivity index (χ4n) is 7.47. The maximum Gasteiger partial charge on any atom is 0.0734 e. The van der Waals surface area contributed by atoms with E-state index < -0.39 is 0 Å². The molecule has 0 spiro atoms. The number of rotatable bonds is 3. The summed E-state index contributed by atoms with van der Waals surface area (Å²) in [7, 11) is 0. The van der Waals surface area contributed by atoms with Gasteiger partial charge in [0.05, 0.1) is 11.4 Å². The van der Waals surface area contributed by atoms with Crippen LogP contribution in [0.4, 0.5) is 0 Å². The zero-order valence-electron chi connectivity index (χ0n) is 24.1. The summed E-state index contributed by atoms with van der Waals surface area (Å²) in [4.78, 5) is 0. The van der Waals surface area contributed by atoms with Crippen molar-refractivity contribution in [3.8, 4) is 27.9 Å². The van der Waals surface area contributed by atoms with Gasteiger partial charge in [0.2, 0.25) is 0 Å². The van der Waals surface area contributed by atoms with Gasteiger partial charge in [-0.1, -0.05) is 127 Å². The molecule has 2 heteroatoms. The highest BCUT2D eigenvalue weighted by Crippen LogP contribution is 2.46. The Morgan fingerprint density at radius 2 is 0.977 bits per heavy atom. The van der Waals surface area contributed by atoms with Gasteiger partial charge in [0.25, 0.3) is 0 Å². The zero-order chi connectivity index (χ0) is 28.7. The first-order chi connectivity index (χ1) is 21.2. The number of nitrogens with zero attached hydrogens (tertiary/aromatic N) is 2. The van der Waals surface area contributed by atoms with Gasteiger partial charge in [-0.3, -0.25) is 0 Å². The summed E-state index contributed by atoms with van der Waals surface area (Å²) in [5.74, 6) is 0. The van der Waals surface area contributed by atoms with Gasteiger partial charge in [-0.2, -0.15) is 5.10 Å². The quantitative estimate of drug-likeness (QED) is 0.159. The zero-order valence-corrected chi connectivity index (χ0v) is 24.1. The highest BCUT2D eigenvalue weighted by atomic mass is 15.3. The van der Waals surface area contributed by atoms with Crippen molar-refractivity contribution in [2.75, 3.05) is 0 Å². The third-order valence-corrected chi connectivity index (χ3v) is 9.25. The van der Waals surface area contributed by atoms with Crippen molar-refractivity contribution in [2.24, 2.45) is 0 Å². The molecule has 0 radical (unpaired) electrons. The summed E-state index contributed by atoms with van der Waals surface area (Å²) >= 11 is 0. The van der Waals surface area contributed by atoms with Gasteiger partial charge in [-0.05, 0) is 79.5 Å². The van der Waals surface area contributed by atoms with Crippen LogP contribution in [0.15, 0.2) is 133 Å². The molecule has 0 aliphatic carbocycles. The molecule has 0 atom stereocenters. The summed E-state index contributed by atoms with van der Waals surface area (Å²) in [5, 5.41) is 18.0. The van der Waals surface area contributed by atoms with Crippen molar-refractivity contribution in [1.82, 2.24) is 9.78 Å². The van der Waals surface area contributed by atoms with E-state index in [1.807, 2.05) is 0 Å². The number of fused-ring (bicyclic) bond motifs is 2. The monoisotopic (exact) mass is 548 g/mol. The molecule has 202 valence electrons. The first kappa shape index (κ1) is 24.2. The predicted molar refractivity (Wildman–Crippen MR) is 183 cm³/mol. The lowest BCUT2D eigenvalue weighted by Gasteiger charge is -2.18. The lowest BCUT2D eigenvalue weighted by atomic mass is 9.85. The molecule has 0 unspecified atom stereocenters. The van der Waals surface area contributed by atoms with E-state index in [2.05, 4.69) is 152 Å². The van der Waals surface area contributed by atoms with Gasteiger partial charge in [0, 0.05) is 22.2 Å². The van der Waals surface area contributed by atoms with E-state index in [0.717, 1.165) is 17.1 Å². The summed E-state index contributed by atoms with van der Waals surface area (Å²) in [6.45, 7) is 4.39. The number of aryl methyl sites for hydroxylation is 1. The van der Waals surface area contributed by atoms with E-state index in [1.165, 1.54) is 76.1 Å². The summed E-state index contributed by atoms with van der Waals surface area (Å²) in [5.41, 5.74) is 8.28. The van der Waals surface area contributed by atoms with Gasteiger partial charge < -0.3 is 0 Å². The molecule has 1 heterocycles. The summed E-state index contributed by atoms with van der Waals surface area (Å²) < 4.78 is 2.18. The van der Waals surface area contributed by atoms with E-state index in [0.29, 0.717) is 0 Å². The fraction of sp³-hybridized carbons (Fsp3) is 0.0488. The fourth-order valence-corrected chi connectivity index (χ4v) is 7.47. The second kappa shape index (κ2) is 9.01. The van der Waals surface area contributed by atoms with Crippen molar-refractivity contribution in [3.05, 3.63) is 145 Å². The van der Waals surface area contributed by atoms with Gasteiger partial charge in [0.15, 0.2) is 0 Å². The van der Waals surface area contributed by atoms with E-state index in [9.17, 15) is 0 Å². The second-order valence-corrected chi connectivity index (χ2v) is 11.6. The molecule has 0 bridgehead atoms. The molecule has 0 aliphatic rings. The summed E-state index contributed by atoms with van der Waals surface area (Å²) in [6, 6.07) is 48.5. The molecule has 0 amide bonds. The van der Waals surface area contributed by atoms with Gasteiger partial charge in [-0.15, -0.1) is 0 Å². The predicted octanol–water partition coefficient (Wildman–Crippen LogP) is 11.0. The molecule has 0 N–H and O–H groups in total. The van der Waals surface area contributed by atoms with Crippen LogP contribution in [0.25, 0.3) is 81.8 Å². The van der Waals surface area contributed by atoms with Gasteiger partial charge in [-0.25, -0.2) is 4.68 Å². The van der Waals surface area contributed by atoms with Crippen molar-refractivity contribution in [2.45, 2.75) is 13.8 Å². The Balaban J connectivity index is 1.39. The second-order valence-electron chi connectivity index (χ2n) is 11.6. The minimum absolute atomic E-state index is 1.03. The first-order valence-corrected chi connectivity index (χ1v) is 14.9. The minimum Gasteiger partial charge on any atom is -0.237 e. The van der Waals surface area contributed by atoms with Crippen molar-refractivity contribution >= 4 is 53.9 Å². The van der Waals surface area contributed by atoms with E-state index in [-0.39, 0.29) is 0 Å². The van der Waals surface area contributed by atoms with Crippen molar-refractivity contribution in [1.29, 1.82) is 0 Å². The molecule has 0 aliphatic heterocycles. The van der Waals surface area contributed by atoms with Crippen LogP contribution in [0.2, 0.25) is 0 Å². The molecule has 0 fully saturated rings. The maximum atomic E-state index is 5.28. The third-order valence-electron chi connectivity index (χ3n) is 9.25. The van der Waals surface area contributed by atoms with Crippen LogP contribution in [0.3, 0.4) is 0 Å². The highest BCUT2D eigenvalue weighted by molar-refractivity contribution is 6.25. The van der Waals surface area contributed by atoms with Crippen LogP contribution in [-0.2, 0) is 0 Å². The number of hydrogen-bond acceptors (Lipinski definition) is 1. The van der Waals surface area contributed by atoms with Gasteiger partial charge in [0.1, 0.15) is 0 Å². The molecule has 9 aromatic rings. The molecule has 0 saturated carbocycles. The van der Waals surface area contributed by atoms with Crippen molar-refractivity contribution in [3.63, 3.8) is 0 Å². The van der Waals surface area contributed by atoms with Crippen LogP contribution in [0, 0.1) is 13.8 Å². The van der Waals surface area contributed by atoms with Crippen LogP contribution in [-0.4, -0.2) is 9.78 Å². The molecule has 43 heavy (non-hydrogen) atoms. The average molecular weight is 549 g/mol. The SMILES string of the molecule is Cc1nn(-c2cc3cccc4ccc5cccc2c5c43)c(C)c1-c1c2ccccc2c(-c2ccccc2)c2ccccc12. The van der Waals surface area contributed by atoms with E-state index in [1.54, 1.807) is 0 Å². The topological polar surface area (TPSA) is 17.8 Å². The average Bonchev–Trinajstić information content (AvgIpc) is 3.35. The Morgan fingerprint density at radius 3 is 1.65 bits per heavy atom. The maximum absolute atomic E-state index is 5.28. The molecule has 2 nitrogen and oxygen atoms in total. The van der Waals surface area contributed by atoms with Crippen LogP contribution < -0.4 is 0 Å². The Bertz CT molecular complexity index is 2460. The molecule has 8 aromatic carbocycles. The lowest BCUT2D eigenvalue weighted by Crippen LogP contribution is -2.01. The lowest BCUT2D eigenvalue weighted by molar-refractivity contribution is 0.841. The Morgan fingerprint density at radius 1 is 0.442 bits per heavy atom. The third kappa shape index (κ3) is 3.38.